The van der Waals surface area contributed by atoms with Crippen molar-refractivity contribution in [1.82, 2.24) is 10.2 Å². The van der Waals surface area contributed by atoms with Crippen molar-refractivity contribution in [3.05, 3.63) is 65.2 Å². The lowest BCUT2D eigenvalue weighted by Gasteiger charge is -2.35. The van der Waals surface area contributed by atoms with Crippen molar-refractivity contribution in [3.8, 4) is 5.75 Å². The summed E-state index contributed by atoms with van der Waals surface area (Å²) in [5, 5.41) is 2.85. The van der Waals surface area contributed by atoms with Gasteiger partial charge in [0.1, 0.15) is 5.75 Å². The Morgan fingerprint density at radius 3 is 2.28 bits per heavy atom. The van der Waals surface area contributed by atoms with Gasteiger partial charge in [0.25, 0.3) is 5.91 Å². The standard InChI is InChI=1S/C21H23F3N2O3/c1-28-18-8-4-15(5-9-18)19(26-10-12-29-13-11-26)14-25-20(27)16-2-6-17(7-3-16)21(22,23)24/h2-9,19H,10-14H2,1H3,(H,25,27)/t19-/m1/s1. The average molecular weight is 408 g/mol. The summed E-state index contributed by atoms with van der Waals surface area (Å²) in [5.41, 5.74) is 0.423. The minimum atomic E-state index is -4.43. The number of rotatable bonds is 6. The minimum absolute atomic E-state index is 0.0804. The molecule has 0 unspecified atom stereocenters. The van der Waals surface area contributed by atoms with E-state index in [1.165, 1.54) is 12.1 Å². The van der Waals surface area contributed by atoms with Crippen molar-refractivity contribution >= 4 is 5.91 Å². The first-order valence-electron chi connectivity index (χ1n) is 9.29. The molecular formula is C21H23F3N2O3. The molecule has 0 aliphatic carbocycles. The van der Waals surface area contributed by atoms with Gasteiger partial charge in [-0.25, -0.2) is 0 Å². The molecule has 1 heterocycles. The fraction of sp³-hybridized carbons (Fsp3) is 0.381. The summed E-state index contributed by atoms with van der Waals surface area (Å²) in [4.78, 5) is 14.7. The van der Waals surface area contributed by atoms with Gasteiger partial charge in [-0.1, -0.05) is 12.1 Å². The van der Waals surface area contributed by atoms with Crippen molar-refractivity contribution in [2.75, 3.05) is 40.0 Å². The van der Waals surface area contributed by atoms with Crippen LogP contribution >= 0.6 is 0 Å². The Bertz CT molecular complexity index is 801. The summed E-state index contributed by atoms with van der Waals surface area (Å²) in [7, 11) is 1.60. The van der Waals surface area contributed by atoms with Crippen molar-refractivity contribution < 1.29 is 27.4 Å². The van der Waals surface area contributed by atoms with E-state index < -0.39 is 17.6 Å². The Balaban J connectivity index is 1.70. The molecular weight excluding hydrogens is 385 g/mol. The molecule has 29 heavy (non-hydrogen) atoms. The van der Waals surface area contributed by atoms with Gasteiger partial charge in [-0.3, -0.25) is 9.69 Å². The van der Waals surface area contributed by atoms with Crippen LogP contribution in [0.15, 0.2) is 48.5 Å². The van der Waals surface area contributed by atoms with E-state index in [9.17, 15) is 18.0 Å². The Kier molecular flexibility index (Phi) is 6.76. The molecule has 1 saturated heterocycles. The van der Waals surface area contributed by atoms with Crippen LogP contribution in [0.5, 0.6) is 5.75 Å². The number of nitrogens with zero attached hydrogens (tertiary/aromatic N) is 1. The maximum atomic E-state index is 12.7. The van der Waals surface area contributed by atoms with E-state index in [1.807, 2.05) is 24.3 Å². The number of alkyl halides is 3. The molecule has 1 aliphatic heterocycles. The predicted octanol–water partition coefficient (Wildman–Crippen LogP) is 3.52. The molecule has 2 aromatic carbocycles. The van der Waals surface area contributed by atoms with Gasteiger partial charge in [0.05, 0.1) is 31.9 Å². The average Bonchev–Trinajstić information content (AvgIpc) is 2.74. The van der Waals surface area contributed by atoms with Crippen molar-refractivity contribution in [3.63, 3.8) is 0 Å². The summed E-state index contributed by atoms with van der Waals surface area (Å²) < 4.78 is 48.7. The summed E-state index contributed by atoms with van der Waals surface area (Å²) in [6.45, 7) is 3.00. The largest absolute Gasteiger partial charge is 0.497 e. The molecule has 1 N–H and O–H groups in total. The van der Waals surface area contributed by atoms with Gasteiger partial charge in [-0.2, -0.15) is 13.2 Å². The van der Waals surface area contributed by atoms with Crippen LogP contribution in [-0.2, 0) is 10.9 Å². The lowest BCUT2D eigenvalue weighted by molar-refractivity contribution is -0.137. The molecule has 1 amide bonds. The van der Waals surface area contributed by atoms with E-state index in [2.05, 4.69) is 10.2 Å². The highest BCUT2D eigenvalue weighted by molar-refractivity contribution is 5.94. The van der Waals surface area contributed by atoms with Crippen molar-refractivity contribution in [2.45, 2.75) is 12.2 Å². The van der Waals surface area contributed by atoms with Gasteiger partial charge in [-0.15, -0.1) is 0 Å². The van der Waals surface area contributed by atoms with Crippen LogP contribution < -0.4 is 10.1 Å². The van der Waals surface area contributed by atoms with Crippen LogP contribution in [0.1, 0.15) is 27.5 Å². The number of carbonyl (C=O) groups excluding carboxylic acids is 1. The zero-order valence-corrected chi connectivity index (χ0v) is 16.0. The molecule has 8 heteroatoms. The number of hydrogen-bond acceptors (Lipinski definition) is 4. The van der Waals surface area contributed by atoms with E-state index in [0.29, 0.717) is 19.8 Å². The smallest absolute Gasteiger partial charge is 0.416 e. The molecule has 2 aromatic rings. The molecule has 0 bridgehead atoms. The van der Waals surface area contributed by atoms with Crippen molar-refractivity contribution in [2.24, 2.45) is 0 Å². The Morgan fingerprint density at radius 1 is 1.10 bits per heavy atom. The predicted molar refractivity (Wildman–Crippen MR) is 102 cm³/mol. The molecule has 0 spiro atoms. The molecule has 1 fully saturated rings. The number of ether oxygens (including phenoxy) is 2. The SMILES string of the molecule is COc1ccc([C@@H](CNC(=O)c2ccc(C(F)(F)F)cc2)N2CCOCC2)cc1. The van der Waals surface area contributed by atoms with Gasteiger partial charge in [0, 0.05) is 25.2 Å². The Hall–Kier alpha value is -2.58. The maximum Gasteiger partial charge on any atom is 0.416 e. The van der Waals surface area contributed by atoms with Crippen LogP contribution in [0, 0.1) is 0 Å². The van der Waals surface area contributed by atoms with Gasteiger partial charge in [0.15, 0.2) is 0 Å². The number of methoxy groups -OCH3 is 1. The van der Waals surface area contributed by atoms with E-state index in [-0.39, 0.29) is 11.6 Å². The molecule has 1 aliphatic rings. The fourth-order valence-corrected chi connectivity index (χ4v) is 3.27. The number of benzene rings is 2. The summed E-state index contributed by atoms with van der Waals surface area (Å²) in [6.07, 6.45) is -4.43. The number of carbonyl (C=O) groups is 1. The zero-order valence-electron chi connectivity index (χ0n) is 16.0. The first-order chi connectivity index (χ1) is 13.9. The number of halogens is 3. The van der Waals surface area contributed by atoms with Crippen LogP contribution in [0.4, 0.5) is 13.2 Å². The van der Waals surface area contributed by atoms with Crippen LogP contribution in [0.3, 0.4) is 0 Å². The highest BCUT2D eigenvalue weighted by Gasteiger charge is 2.30. The zero-order chi connectivity index (χ0) is 20.9. The quantitative estimate of drug-likeness (QED) is 0.795. The van der Waals surface area contributed by atoms with Gasteiger partial charge in [0.2, 0.25) is 0 Å². The highest BCUT2D eigenvalue weighted by atomic mass is 19.4. The third kappa shape index (κ3) is 5.48. The molecule has 1 atom stereocenters. The third-order valence-corrected chi connectivity index (χ3v) is 4.92. The lowest BCUT2D eigenvalue weighted by Crippen LogP contribution is -2.43. The molecule has 0 radical (unpaired) electrons. The second-order valence-corrected chi connectivity index (χ2v) is 6.72. The van der Waals surface area contributed by atoms with E-state index in [4.69, 9.17) is 9.47 Å². The van der Waals surface area contributed by atoms with Gasteiger partial charge < -0.3 is 14.8 Å². The summed E-state index contributed by atoms with van der Waals surface area (Å²) in [5.74, 6) is 0.328. The molecule has 0 saturated carbocycles. The Morgan fingerprint density at radius 2 is 1.72 bits per heavy atom. The van der Waals surface area contributed by atoms with Crippen LogP contribution in [-0.4, -0.2) is 50.8 Å². The number of nitrogens with one attached hydrogen (secondary N) is 1. The van der Waals surface area contributed by atoms with Crippen LogP contribution in [0.25, 0.3) is 0 Å². The normalized spacial score (nSPS) is 16.3. The van der Waals surface area contributed by atoms with E-state index in [1.54, 1.807) is 7.11 Å². The molecule has 3 rings (SSSR count). The minimum Gasteiger partial charge on any atom is -0.497 e. The molecule has 156 valence electrons. The molecule has 0 aromatic heterocycles. The van der Waals surface area contributed by atoms with Gasteiger partial charge >= 0.3 is 6.18 Å². The number of hydrogen-bond donors (Lipinski definition) is 1. The lowest BCUT2D eigenvalue weighted by atomic mass is 10.0. The van der Waals surface area contributed by atoms with E-state index in [0.717, 1.165) is 36.5 Å². The Labute approximate surface area is 167 Å². The number of morpholine rings is 1. The second kappa shape index (κ2) is 9.28. The third-order valence-electron chi connectivity index (χ3n) is 4.92. The maximum absolute atomic E-state index is 12.7. The highest BCUT2D eigenvalue weighted by Crippen LogP contribution is 2.29. The van der Waals surface area contributed by atoms with Crippen molar-refractivity contribution in [1.29, 1.82) is 0 Å². The van der Waals surface area contributed by atoms with Gasteiger partial charge in [-0.05, 0) is 42.0 Å². The first kappa shape index (κ1) is 21.1. The second-order valence-electron chi connectivity index (χ2n) is 6.72. The topological polar surface area (TPSA) is 50.8 Å². The molecule has 5 nitrogen and oxygen atoms in total. The summed E-state index contributed by atoms with van der Waals surface area (Å²) in [6, 6.07) is 11.7. The number of amides is 1. The summed E-state index contributed by atoms with van der Waals surface area (Å²) >= 11 is 0. The first-order valence-corrected chi connectivity index (χ1v) is 9.29. The van der Waals surface area contributed by atoms with Crippen LogP contribution in [0.2, 0.25) is 0 Å². The van der Waals surface area contributed by atoms with E-state index >= 15 is 0 Å². The monoisotopic (exact) mass is 408 g/mol. The fourth-order valence-electron chi connectivity index (χ4n) is 3.27.